The van der Waals surface area contributed by atoms with E-state index in [9.17, 15) is 34.3 Å². The number of unbranched alkanes of at least 4 members (excludes halogenated alkanes) is 1. The van der Waals surface area contributed by atoms with Gasteiger partial charge >= 0.3 is 11.8 Å². The van der Waals surface area contributed by atoms with Crippen LogP contribution >= 0.6 is 0 Å². The molecule has 1 N–H and O–H groups in total. The van der Waals surface area contributed by atoms with Crippen LogP contribution in [0.15, 0.2) is 107 Å². The van der Waals surface area contributed by atoms with Gasteiger partial charge < -0.3 is 9.84 Å². The van der Waals surface area contributed by atoms with Crippen LogP contribution in [-0.4, -0.2) is 43.9 Å². The minimum Gasteiger partial charge on any atom is -0.494 e. The Bertz CT molecular complexity index is 2110. The van der Waals surface area contributed by atoms with Gasteiger partial charge in [-0.05, 0) is 67.7 Å². The van der Waals surface area contributed by atoms with Crippen LogP contribution in [0.5, 0.6) is 5.88 Å². The van der Waals surface area contributed by atoms with E-state index in [2.05, 4.69) is 39.7 Å². The summed E-state index contributed by atoms with van der Waals surface area (Å²) in [7, 11) is 2.64. The van der Waals surface area contributed by atoms with Gasteiger partial charge in [0.15, 0.2) is 0 Å². The third-order valence-corrected chi connectivity index (χ3v) is 8.57. The zero-order valence-electron chi connectivity index (χ0n) is 39.3. The summed E-state index contributed by atoms with van der Waals surface area (Å²) < 4.78 is 6.88. The number of nitrogens with zero attached hydrogens (tertiary/aromatic N) is 5. The van der Waals surface area contributed by atoms with E-state index in [4.69, 9.17) is 14.8 Å². The molecule has 0 spiro atoms. The van der Waals surface area contributed by atoms with Crippen LogP contribution in [-0.2, 0) is 45.1 Å². The fourth-order valence-electron chi connectivity index (χ4n) is 4.74. The Morgan fingerprint density at radius 1 is 0.968 bits per heavy atom. The summed E-state index contributed by atoms with van der Waals surface area (Å²) in [6.07, 6.45) is 15.0. The van der Waals surface area contributed by atoms with Crippen molar-refractivity contribution in [2.24, 2.45) is 14.1 Å². The molecule has 0 radical (unpaired) electrons. The zero-order chi connectivity index (χ0) is 48.6. The van der Waals surface area contributed by atoms with Crippen molar-refractivity contribution in [1.29, 1.82) is 10.5 Å². The topological polar surface area (TPSA) is 185 Å². The molecule has 338 valence electrons. The molecule has 0 unspecified atom stereocenters. The lowest BCUT2D eigenvalue weighted by Crippen LogP contribution is -2.37. The maximum Gasteiger partial charge on any atom is 0.533 e. The smallest absolute Gasteiger partial charge is 0.494 e. The molecule has 62 heavy (non-hydrogen) atoms. The van der Waals surface area contributed by atoms with E-state index in [1.54, 1.807) is 18.2 Å². The molecule has 1 saturated heterocycles. The molecule has 1 aromatic carbocycles. The molecule has 0 bridgehead atoms. The minimum absolute atomic E-state index is 0.0139. The number of carbonyl (C=O) groups excluding carboxylic acids is 3. The Labute approximate surface area is 369 Å². The van der Waals surface area contributed by atoms with E-state index in [-0.39, 0.29) is 30.6 Å². The summed E-state index contributed by atoms with van der Waals surface area (Å²) in [6.45, 7) is 33.0. The van der Waals surface area contributed by atoms with Gasteiger partial charge in [-0.3, -0.25) is 28.4 Å². The van der Waals surface area contributed by atoms with Gasteiger partial charge in [-0.1, -0.05) is 127 Å². The highest BCUT2D eigenvalue weighted by molar-refractivity contribution is 6.01. The third-order valence-electron chi connectivity index (χ3n) is 8.57. The molecule has 1 fully saturated rings. The van der Waals surface area contributed by atoms with Crippen molar-refractivity contribution in [3.05, 3.63) is 140 Å². The number of hydrogen-bond donors (Lipinski definition) is 1. The summed E-state index contributed by atoms with van der Waals surface area (Å²) in [5.74, 6) is -1.68. The number of rotatable bonds is 12. The average molecular weight is 856 g/mol. The molecule has 1 aliphatic heterocycles. The second-order valence-electron chi connectivity index (χ2n) is 13.4. The van der Waals surface area contributed by atoms with Gasteiger partial charge in [-0.2, -0.15) is 10.5 Å². The standard InChI is InChI=1S/C34H36N4O8.C4H10.C4H8.C3H6.C2H3N.C2H6/c1-8-24(25(20-35)10-9-11-26-30(41)36(6)32(43)37(7)31(26)42)18-22(3)34(4,5)27-19-23(13-12-21(27)2)16-17-45-33(44)46-38-28(39)14-15-29(38)40;2*1-3-4-2;1-3-2;1-2-3;1-2/h8-13,18-19,41H,1,3,14-17H2,2,4-7H3;3-4H2,1-2H3;3-4H,1-2H3;3H,1H2,2H3;1H3;1-2H3/b11-9+,24-18+,25-10+;;4-3-;;;. The number of hydroxylamine groups is 2. The Morgan fingerprint density at radius 2 is 1.48 bits per heavy atom. The number of aryl methyl sites for hydroxylation is 1. The van der Waals surface area contributed by atoms with Crippen LogP contribution in [0.3, 0.4) is 0 Å². The van der Waals surface area contributed by atoms with Crippen molar-refractivity contribution in [3.63, 3.8) is 0 Å². The van der Waals surface area contributed by atoms with E-state index in [1.807, 2.05) is 85.7 Å². The fraction of sp³-hybridized carbons (Fsp3) is 0.408. The van der Waals surface area contributed by atoms with Crippen molar-refractivity contribution in [3.8, 4) is 18.0 Å². The third kappa shape index (κ3) is 20.0. The van der Waals surface area contributed by atoms with E-state index in [1.165, 1.54) is 58.2 Å². The van der Waals surface area contributed by atoms with Crippen molar-refractivity contribution < 1.29 is 29.1 Å². The SMILES string of the molecule is C/C=C\C.C=CC.C=CC(=C\C(=C)C(C)(C)c1cc(CCOC(=O)ON2C(=O)CCC2=O)ccc1C)/C(C#N)=C/C=C/c1c(O)n(C)c(=O)n(C)c1=O.CC.CC#N.CCCC. The van der Waals surface area contributed by atoms with Crippen LogP contribution < -0.4 is 11.2 Å². The van der Waals surface area contributed by atoms with Crippen LogP contribution in [0.2, 0.25) is 0 Å². The first kappa shape index (κ1) is 59.6. The molecule has 1 aromatic heterocycles. The fourth-order valence-corrected chi connectivity index (χ4v) is 4.74. The Morgan fingerprint density at radius 3 is 1.94 bits per heavy atom. The molecule has 0 atom stereocenters. The predicted octanol–water partition coefficient (Wildman–Crippen LogP) is 10.1. The van der Waals surface area contributed by atoms with Crippen molar-refractivity contribution >= 4 is 24.0 Å². The first-order valence-corrected chi connectivity index (χ1v) is 20.4. The molecule has 2 aromatic rings. The van der Waals surface area contributed by atoms with E-state index in [0.717, 1.165) is 25.8 Å². The number of allylic oxidation sites excluding steroid dienone is 10. The summed E-state index contributed by atoms with van der Waals surface area (Å²) >= 11 is 0. The van der Waals surface area contributed by atoms with E-state index < -0.39 is 40.5 Å². The molecule has 13 heteroatoms. The highest BCUT2D eigenvalue weighted by atomic mass is 16.8. The maximum atomic E-state index is 12.5. The number of carbonyl (C=O) groups is 3. The Balaban J connectivity index is -0.00000188. The van der Waals surface area contributed by atoms with E-state index >= 15 is 0 Å². The van der Waals surface area contributed by atoms with Crippen molar-refractivity contribution in [2.45, 2.75) is 114 Å². The highest BCUT2D eigenvalue weighted by Gasteiger charge is 2.33. The predicted molar refractivity (Wildman–Crippen MR) is 250 cm³/mol. The van der Waals surface area contributed by atoms with E-state index in [0.29, 0.717) is 22.6 Å². The number of imide groups is 1. The molecular weight excluding hydrogens is 787 g/mol. The summed E-state index contributed by atoms with van der Waals surface area (Å²) in [6, 6.07) is 9.65. The number of ether oxygens (including phenoxy) is 1. The Kier molecular flexibility index (Phi) is 31.8. The first-order valence-electron chi connectivity index (χ1n) is 20.4. The second-order valence-corrected chi connectivity index (χ2v) is 13.4. The van der Waals surface area contributed by atoms with Crippen LogP contribution in [0, 0.1) is 29.6 Å². The lowest BCUT2D eigenvalue weighted by molar-refractivity contribution is -0.177. The number of amides is 2. The summed E-state index contributed by atoms with van der Waals surface area (Å²) in [4.78, 5) is 64.4. The average Bonchev–Trinajstić information content (AvgIpc) is 3.57. The van der Waals surface area contributed by atoms with Gasteiger partial charge in [-0.25, -0.2) is 9.59 Å². The summed E-state index contributed by atoms with van der Waals surface area (Å²) in [5.41, 5.74) is 2.04. The number of nitriles is 2. The number of benzene rings is 1. The number of hydrogen-bond acceptors (Lipinski definition) is 10. The molecular formula is C49H69N5O8. The number of aromatic hydroxyl groups is 1. The quantitative estimate of drug-likeness (QED) is 0.0708. The van der Waals surface area contributed by atoms with Gasteiger partial charge in [0.25, 0.3) is 17.4 Å². The zero-order valence-corrected chi connectivity index (χ0v) is 39.3. The minimum atomic E-state index is -1.14. The van der Waals surface area contributed by atoms with Gasteiger partial charge in [0.2, 0.25) is 5.88 Å². The largest absolute Gasteiger partial charge is 0.533 e. The molecule has 13 nitrogen and oxygen atoms in total. The summed E-state index contributed by atoms with van der Waals surface area (Å²) in [5, 5.41) is 27.9. The molecule has 2 amide bonds. The van der Waals surface area contributed by atoms with Gasteiger partial charge in [0.05, 0.1) is 24.3 Å². The lowest BCUT2D eigenvalue weighted by Gasteiger charge is -2.29. The molecule has 1 aliphatic rings. The monoisotopic (exact) mass is 856 g/mol. The van der Waals surface area contributed by atoms with Crippen LogP contribution in [0.25, 0.3) is 6.08 Å². The van der Waals surface area contributed by atoms with Gasteiger partial charge in [-0.15, -0.1) is 6.58 Å². The first-order chi connectivity index (χ1) is 29.3. The molecule has 2 heterocycles. The molecule has 3 rings (SSSR count). The van der Waals surface area contributed by atoms with Crippen molar-refractivity contribution in [2.75, 3.05) is 6.61 Å². The highest BCUT2D eigenvalue weighted by Crippen LogP contribution is 2.35. The maximum absolute atomic E-state index is 12.5. The van der Waals surface area contributed by atoms with Crippen LogP contribution in [0.4, 0.5) is 4.79 Å². The normalized spacial score (nSPS) is 12.0. The van der Waals surface area contributed by atoms with Gasteiger partial charge in [0, 0.05) is 45.7 Å². The molecule has 0 aliphatic carbocycles. The Hall–Kier alpha value is -6.73. The van der Waals surface area contributed by atoms with Crippen LogP contribution in [0.1, 0.15) is 117 Å². The second kappa shape index (κ2) is 33.0. The van der Waals surface area contributed by atoms with Gasteiger partial charge in [0.1, 0.15) is 5.56 Å². The number of aromatic nitrogens is 2. The lowest BCUT2D eigenvalue weighted by atomic mass is 9.75. The molecule has 0 saturated carbocycles. The van der Waals surface area contributed by atoms with Crippen molar-refractivity contribution in [1.82, 2.24) is 14.2 Å².